The first-order valence-corrected chi connectivity index (χ1v) is 6.22. The van der Waals surface area contributed by atoms with Crippen molar-refractivity contribution in [2.45, 2.75) is 0 Å². The zero-order valence-electron chi connectivity index (χ0n) is 9.15. The van der Waals surface area contributed by atoms with E-state index in [1.165, 1.54) is 0 Å². The van der Waals surface area contributed by atoms with Crippen molar-refractivity contribution in [1.82, 2.24) is 4.98 Å². The van der Waals surface area contributed by atoms with Gasteiger partial charge in [-0.25, -0.2) is 4.98 Å². The van der Waals surface area contributed by atoms with Crippen LogP contribution in [0.2, 0.25) is 5.15 Å². The molecule has 0 aliphatic rings. The summed E-state index contributed by atoms with van der Waals surface area (Å²) in [5.74, 6) is -0.302. The maximum atomic E-state index is 12.1. The van der Waals surface area contributed by atoms with E-state index >= 15 is 0 Å². The van der Waals surface area contributed by atoms with Crippen molar-refractivity contribution < 1.29 is 4.79 Å². The summed E-state index contributed by atoms with van der Waals surface area (Å²) in [5.41, 5.74) is 7.06. The van der Waals surface area contributed by atoms with Crippen molar-refractivity contribution in [2.24, 2.45) is 0 Å². The summed E-state index contributed by atoms with van der Waals surface area (Å²) in [5, 5.41) is 2.92. The Morgan fingerprint density at radius 3 is 2.89 bits per heavy atom. The molecule has 1 aromatic heterocycles. The number of halogens is 2. The zero-order chi connectivity index (χ0) is 13.1. The largest absolute Gasteiger partial charge is 0.399 e. The normalized spacial score (nSPS) is 10.1. The molecule has 0 spiro atoms. The molecule has 2 rings (SSSR count). The standard InChI is InChI=1S/C12H9BrClN3O/c13-9-4-3-7(15)6-8(9)12(18)17-10-2-1-5-16-11(10)14/h1-6H,15H2,(H,17,18). The van der Waals surface area contributed by atoms with Crippen molar-refractivity contribution in [3.8, 4) is 0 Å². The minimum Gasteiger partial charge on any atom is -0.399 e. The Bertz CT molecular complexity index is 604. The summed E-state index contributed by atoms with van der Waals surface area (Å²) in [6, 6.07) is 8.38. The fourth-order valence-electron chi connectivity index (χ4n) is 1.39. The Kier molecular flexibility index (Phi) is 3.84. The number of amides is 1. The van der Waals surface area contributed by atoms with Crippen molar-refractivity contribution in [1.29, 1.82) is 0 Å². The Balaban J connectivity index is 2.28. The lowest BCUT2D eigenvalue weighted by Gasteiger charge is -2.08. The van der Waals surface area contributed by atoms with E-state index in [1.54, 1.807) is 36.5 Å². The van der Waals surface area contributed by atoms with E-state index in [2.05, 4.69) is 26.2 Å². The zero-order valence-corrected chi connectivity index (χ0v) is 11.5. The van der Waals surface area contributed by atoms with Gasteiger partial charge in [-0.2, -0.15) is 0 Å². The Morgan fingerprint density at radius 1 is 1.39 bits per heavy atom. The molecule has 3 N–H and O–H groups in total. The summed E-state index contributed by atoms with van der Waals surface area (Å²) in [6.07, 6.45) is 1.55. The molecule has 92 valence electrons. The lowest BCUT2D eigenvalue weighted by Crippen LogP contribution is -2.13. The molecule has 0 radical (unpaired) electrons. The predicted octanol–water partition coefficient (Wildman–Crippen LogP) is 3.33. The predicted molar refractivity (Wildman–Crippen MR) is 75.8 cm³/mol. The molecule has 1 amide bonds. The van der Waals surface area contributed by atoms with Crippen molar-refractivity contribution in [2.75, 3.05) is 11.1 Å². The number of aromatic nitrogens is 1. The molecule has 2 aromatic rings. The molecule has 0 atom stereocenters. The van der Waals surface area contributed by atoms with E-state index in [0.717, 1.165) is 0 Å². The number of nitrogens with one attached hydrogen (secondary N) is 1. The molecule has 0 saturated heterocycles. The lowest BCUT2D eigenvalue weighted by atomic mass is 10.2. The number of nitrogens with two attached hydrogens (primary N) is 1. The van der Waals surface area contributed by atoms with Crippen molar-refractivity contribution in [3.05, 3.63) is 51.7 Å². The first kappa shape index (κ1) is 12.9. The summed E-state index contributed by atoms with van der Waals surface area (Å²) in [6.45, 7) is 0. The summed E-state index contributed by atoms with van der Waals surface area (Å²) < 4.78 is 0.661. The highest BCUT2D eigenvalue weighted by molar-refractivity contribution is 9.10. The van der Waals surface area contributed by atoms with Gasteiger partial charge in [-0.15, -0.1) is 0 Å². The van der Waals surface area contributed by atoms with Crippen LogP contribution in [-0.4, -0.2) is 10.9 Å². The summed E-state index contributed by atoms with van der Waals surface area (Å²) in [4.78, 5) is 15.9. The van der Waals surface area contributed by atoms with Crippen LogP contribution in [-0.2, 0) is 0 Å². The number of benzene rings is 1. The second-order valence-electron chi connectivity index (χ2n) is 3.54. The van der Waals surface area contributed by atoms with E-state index in [9.17, 15) is 4.79 Å². The lowest BCUT2D eigenvalue weighted by molar-refractivity contribution is 0.102. The Labute approximate surface area is 117 Å². The maximum absolute atomic E-state index is 12.1. The number of pyridine rings is 1. The first-order valence-electron chi connectivity index (χ1n) is 5.05. The summed E-state index contributed by atoms with van der Waals surface area (Å²) >= 11 is 9.16. The van der Waals surface area contributed by atoms with E-state index in [4.69, 9.17) is 17.3 Å². The van der Waals surface area contributed by atoms with Gasteiger partial charge in [0.2, 0.25) is 0 Å². The molecule has 4 nitrogen and oxygen atoms in total. The minimum absolute atomic E-state index is 0.242. The first-order chi connectivity index (χ1) is 8.58. The molecule has 0 unspecified atom stereocenters. The number of nitrogen functional groups attached to an aromatic ring is 1. The molecule has 1 aromatic carbocycles. The molecule has 0 bridgehead atoms. The van der Waals surface area contributed by atoms with Gasteiger partial charge in [0, 0.05) is 16.4 Å². The third-order valence-electron chi connectivity index (χ3n) is 2.24. The number of anilines is 2. The highest BCUT2D eigenvalue weighted by Gasteiger charge is 2.12. The van der Waals surface area contributed by atoms with Crippen molar-refractivity contribution >= 4 is 44.8 Å². The van der Waals surface area contributed by atoms with Crippen LogP contribution < -0.4 is 11.1 Å². The van der Waals surface area contributed by atoms with Crippen LogP contribution >= 0.6 is 27.5 Å². The molecular weight excluding hydrogens is 318 g/mol. The number of carbonyl (C=O) groups excluding carboxylic acids is 1. The highest BCUT2D eigenvalue weighted by Crippen LogP contribution is 2.23. The topological polar surface area (TPSA) is 68.0 Å². The monoisotopic (exact) mass is 325 g/mol. The van der Waals surface area contributed by atoms with E-state index < -0.39 is 0 Å². The maximum Gasteiger partial charge on any atom is 0.256 e. The molecular formula is C12H9BrClN3O. The fraction of sp³-hybridized carbons (Fsp3) is 0. The average molecular weight is 327 g/mol. The molecule has 0 aliphatic heterocycles. The molecule has 0 aliphatic carbocycles. The van der Waals surface area contributed by atoms with Gasteiger partial charge in [0.15, 0.2) is 5.15 Å². The minimum atomic E-state index is -0.302. The smallest absolute Gasteiger partial charge is 0.256 e. The van der Waals surface area contributed by atoms with Gasteiger partial charge < -0.3 is 11.1 Å². The van der Waals surface area contributed by atoms with Gasteiger partial charge in [-0.1, -0.05) is 11.6 Å². The van der Waals surface area contributed by atoms with Crippen LogP contribution in [0.4, 0.5) is 11.4 Å². The number of hydrogen-bond donors (Lipinski definition) is 2. The van der Waals surface area contributed by atoms with Gasteiger partial charge in [0.25, 0.3) is 5.91 Å². The average Bonchev–Trinajstić information content (AvgIpc) is 2.35. The quantitative estimate of drug-likeness (QED) is 0.657. The van der Waals surface area contributed by atoms with E-state index in [1.807, 2.05) is 0 Å². The molecule has 6 heteroatoms. The van der Waals surface area contributed by atoms with E-state index in [0.29, 0.717) is 21.4 Å². The molecule has 1 heterocycles. The molecule has 0 saturated carbocycles. The fourth-order valence-corrected chi connectivity index (χ4v) is 1.98. The van der Waals surface area contributed by atoms with Gasteiger partial charge in [0.1, 0.15) is 0 Å². The molecule has 18 heavy (non-hydrogen) atoms. The van der Waals surface area contributed by atoms with Crippen LogP contribution in [0.3, 0.4) is 0 Å². The SMILES string of the molecule is Nc1ccc(Br)c(C(=O)Nc2cccnc2Cl)c1. The van der Waals surface area contributed by atoms with Crippen LogP contribution in [0, 0.1) is 0 Å². The van der Waals surface area contributed by atoms with Crippen LogP contribution in [0.15, 0.2) is 41.0 Å². The van der Waals surface area contributed by atoms with Crippen LogP contribution in [0.5, 0.6) is 0 Å². The third kappa shape index (κ3) is 2.80. The summed E-state index contributed by atoms with van der Waals surface area (Å²) in [7, 11) is 0. The Morgan fingerprint density at radius 2 is 2.17 bits per heavy atom. The second kappa shape index (κ2) is 5.37. The molecule has 0 fully saturated rings. The van der Waals surface area contributed by atoms with Crippen LogP contribution in [0.1, 0.15) is 10.4 Å². The Hall–Kier alpha value is -1.59. The van der Waals surface area contributed by atoms with Gasteiger partial charge in [-0.05, 0) is 46.3 Å². The third-order valence-corrected chi connectivity index (χ3v) is 3.24. The number of rotatable bonds is 2. The van der Waals surface area contributed by atoms with Crippen molar-refractivity contribution in [3.63, 3.8) is 0 Å². The highest BCUT2D eigenvalue weighted by atomic mass is 79.9. The van der Waals surface area contributed by atoms with E-state index in [-0.39, 0.29) is 11.1 Å². The van der Waals surface area contributed by atoms with Gasteiger partial charge in [0.05, 0.1) is 11.3 Å². The number of hydrogen-bond acceptors (Lipinski definition) is 3. The second-order valence-corrected chi connectivity index (χ2v) is 4.75. The number of carbonyl (C=O) groups is 1. The van der Waals surface area contributed by atoms with Crippen LogP contribution in [0.25, 0.3) is 0 Å². The van der Waals surface area contributed by atoms with Gasteiger partial charge >= 0.3 is 0 Å². The number of nitrogens with zero attached hydrogens (tertiary/aromatic N) is 1. The van der Waals surface area contributed by atoms with Gasteiger partial charge in [-0.3, -0.25) is 4.79 Å².